The molecule has 0 saturated carbocycles. The summed E-state index contributed by atoms with van der Waals surface area (Å²) in [5.74, 6) is -0.920. The number of allylic oxidation sites excluding steroid dienone is 2. The zero-order valence-electron chi connectivity index (χ0n) is 30.5. The Labute approximate surface area is 327 Å². The number of anilines is 3. The van der Waals surface area contributed by atoms with E-state index in [0.717, 1.165) is 0 Å². The number of phenols is 2. The van der Waals surface area contributed by atoms with Crippen LogP contribution < -0.4 is 24.8 Å². The number of phenolic OH excluding ortho intramolecular Hbond substituents is 2. The first-order chi connectivity index (χ1) is 27.0. The summed E-state index contributed by atoms with van der Waals surface area (Å²) in [5, 5.41) is 24.7. The molecule has 2 amide bonds. The van der Waals surface area contributed by atoms with Crippen LogP contribution in [0.5, 0.6) is 17.2 Å². The first-order valence-electron chi connectivity index (χ1n) is 17.6. The van der Waals surface area contributed by atoms with Crippen molar-refractivity contribution in [1.29, 1.82) is 0 Å². The quantitative estimate of drug-likeness (QED) is 0.0421. The summed E-state index contributed by atoms with van der Waals surface area (Å²) in [7, 11) is -8.56. The van der Waals surface area contributed by atoms with E-state index in [9.17, 15) is 45.7 Å². The average Bonchev–Trinajstić information content (AvgIpc) is 3.67. The molecule has 1 aliphatic rings. The Kier molecular flexibility index (Phi) is 12.0. The van der Waals surface area contributed by atoms with E-state index in [4.69, 9.17) is 9.15 Å². The fraction of sp³-hybridized carbons (Fsp3) is 0.205. The van der Waals surface area contributed by atoms with Gasteiger partial charge in [-0.05, 0) is 97.3 Å². The number of nitrogens with zero attached hydrogens (tertiary/aromatic N) is 2. The standard InChI is InChI=1S/C39H38N4O12S2/c1-2-25(21-36-42(17-3-19-56(48,49)50)32-23-26(5-15-34(32)54-36)38(46)40-28-7-11-30(44)12-8-28)22-37-43(18-4-20-57(51,52)53)33-24-27(6-16-35(33)55-37)39(47)41-29-9-13-31(45)14-10-29/h5-16,21-24H,2-4,17-20H2,1H3,(H5-,40,41,44,45,46,47,48,49,50,51,52,53)/p+1. The van der Waals surface area contributed by atoms with Crippen molar-refractivity contribution in [1.82, 2.24) is 0 Å². The molecule has 6 rings (SSSR count). The van der Waals surface area contributed by atoms with Crippen molar-refractivity contribution in [3.8, 4) is 17.2 Å². The van der Waals surface area contributed by atoms with Gasteiger partial charge < -0.3 is 34.9 Å². The molecule has 0 atom stereocenters. The van der Waals surface area contributed by atoms with Crippen LogP contribution in [0.15, 0.2) is 107 Å². The molecule has 0 fully saturated rings. The first-order valence-corrected chi connectivity index (χ1v) is 20.9. The third-order valence-electron chi connectivity index (χ3n) is 8.83. The lowest BCUT2D eigenvalue weighted by Crippen LogP contribution is -2.36. The van der Waals surface area contributed by atoms with E-state index in [2.05, 4.69) is 10.6 Å². The number of carbonyl (C=O) groups is 2. The zero-order valence-corrected chi connectivity index (χ0v) is 32.1. The van der Waals surface area contributed by atoms with Crippen LogP contribution in [-0.2, 0) is 26.8 Å². The smallest absolute Gasteiger partial charge is 0.374 e. The lowest BCUT2D eigenvalue weighted by Gasteiger charge is -2.19. The maximum Gasteiger partial charge on any atom is 0.374 e. The summed E-state index contributed by atoms with van der Waals surface area (Å²) in [6.45, 7) is 2.03. The lowest BCUT2D eigenvalue weighted by atomic mass is 10.1. The van der Waals surface area contributed by atoms with Crippen LogP contribution >= 0.6 is 0 Å². The summed E-state index contributed by atoms with van der Waals surface area (Å²) in [6.07, 6.45) is 3.85. The highest BCUT2D eigenvalue weighted by Crippen LogP contribution is 2.40. The third kappa shape index (κ3) is 10.6. The predicted molar refractivity (Wildman–Crippen MR) is 211 cm³/mol. The number of nitrogens with one attached hydrogen (secondary N) is 2. The van der Waals surface area contributed by atoms with Crippen LogP contribution in [-0.4, -0.2) is 66.0 Å². The Balaban J connectivity index is 1.34. The predicted octanol–water partition coefficient (Wildman–Crippen LogP) is 5.73. The van der Waals surface area contributed by atoms with Crippen LogP contribution in [0, 0.1) is 0 Å². The highest BCUT2D eigenvalue weighted by atomic mass is 32.2. The van der Waals surface area contributed by atoms with E-state index in [-0.39, 0.29) is 60.3 Å². The van der Waals surface area contributed by atoms with Gasteiger partial charge in [0.05, 0.1) is 23.3 Å². The van der Waals surface area contributed by atoms with Crippen molar-refractivity contribution in [2.24, 2.45) is 0 Å². The van der Waals surface area contributed by atoms with Gasteiger partial charge in [-0.1, -0.05) is 6.92 Å². The monoisotopic (exact) mass is 819 g/mol. The molecule has 0 radical (unpaired) electrons. The minimum Gasteiger partial charge on any atom is -0.508 e. The lowest BCUT2D eigenvalue weighted by molar-refractivity contribution is -0.677. The van der Waals surface area contributed by atoms with Gasteiger partial charge in [-0.3, -0.25) is 18.7 Å². The van der Waals surface area contributed by atoms with Gasteiger partial charge in [-0.15, -0.1) is 0 Å². The van der Waals surface area contributed by atoms with Crippen LogP contribution in [0.4, 0.5) is 17.1 Å². The second-order valence-electron chi connectivity index (χ2n) is 13.0. The number of aromatic nitrogens is 1. The SMILES string of the molecule is CCC(=Cc1oc2ccc(C(=O)Nc3ccc(O)cc3)cc2[n+]1CCCS(=O)(=O)O)C=C1Oc2ccc(C(=O)Nc3ccc(O)cc3)cc2N1CCCS(=O)(=O)O. The summed E-state index contributed by atoms with van der Waals surface area (Å²) < 4.78 is 79.4. The van der Waals surface area contributed by atoms with Crippen molar-refractivity contribution in [3.63, 3.8) is 0 Å². The molecule has 0 saturated heterocycles. The maximum absolute atomic E-state index is 13.2. The van der Waals surface area contributed by atoms with Crippen molar-refractivity contribution in [2.75, 3.05) is 33.6 Å². The number of ether oxygens (including phenoxy) is 1. The molecule has 1 aliphatic heterocycles. The molecule has 0 aliphatic carbocycles. The van der Waals surface area contributed by atoms with E-state index in [1.807, 2.05) is 6.92 Å². The Morgan fingerprint density at radius 2 is 1.33 bits per heavy atom. The highest BCUT2D eigenvalue weighted by molar-refractivity contribution is 7.86. The molecule has 18 heteroatoms. The van der Waals surface area contributed by atoms with Gasteiger partial charge in [-0.25, -0.2) is 0 Å². The number of aryl methyl sites for hydroxylation is 1. The number of aromatic hydroxyl groups is 2. The maximum atomic E-state index is 13.2. The van der Waals surface area contributed by atoms with Crippen molar-refractivity contribution < 1.29 is 59.5 Å². The summed E-state index contributed by atoms with van der Waals surface area (Å²) in [5.41, 5.74) is 3.39. The zero-order chi connectivity index (χ0) is 40.9. The van der Waals surface area contributed by atoms with E-state index in [0.29, 0.717) is 45.9 Å². The minimum atomic E-state index is -4.28. The molecule has 0 bridgehead atoms. The van der Waals surface area contributed by atoms with E-state index < -0.39 is 43.6 Å². The Bertz CT molecular complexity index is 2600. The third-order valence-corrected chi connectivity index (χ3v) is 10.4. The van der Waals surface area contributed by atoms with Crippen LogP contribution in [0.2, 0.25) is 0 Å². The molecule has 4 aromatic carbocycles. The molecular weight excluding hydrogens is 781 g/mol. The van der Waals surface area contributed by atoms with Crippen LogP contribution in [0.25, 0.3) is 17.2 Å². The molecule has 1 aromatic heterocycles. The van der Waals surface area contributed by atoms with Gasteiger partial charge in [0, 0.05) is 47.6 Å². The first kappa shape index (κ1) is 40.5. The van der Waals surface area contributed by atoms with Crippen molar-refractivity contribution in [3.05, 3.63) is 119 Å². The molecule has 5 aromatic rings. The van der Waals surface area contributed by atoms with Gasteiger partial charge in [0.15, 0.2) is 12.3 Å². The van der Waals surface area contributed by atoms with Gasteiger partial charge >= 0.3 is 5.89 Å². The van der Waals surface area contributed by atoms with E-state index >= 15 is 0 Å². The molecule has 16 nitrogen and oxygen atoms in total. The number of carbonyl (C=O) groups excluding carboxylic acids is 2. The van der Waals surface area contributed by atoms with Crippen LogP contribution in [0.3, 0.4) is 0 Å². The molecule has 0 unspecified atom stereocenters. The molecule has 57 heavy (non-hydrogen) atoms. The molecule has 2 heterocycles. The number of benzene rings is 4. The van der Waals surface area contributed by atoms with Gasteiger partial charge in [0.25, 0.3) is 37.6 Å². The molecule has 6 N–H and O–H groups in total. The topological polar surface area (TPSA) is 237 Å². The van der Waals surface area contributed by atoms with Gasteiger partial charge in [0.1, 0.15) is 11.5 Å². The molecule has 0 spiro atoms. The molecular formula is C39H39N4O12S2+. The number of hydrogen-bond donors (Lipinski definition) is 6. The fourth-order valence-electron chi connectivity index (χ4n) is 6.03. The fourth-order valence-corrected chi connectivity index (χ4v) is 7.02. The number of oxazole rings is 1. The number of rotatable bonds is 15. The number of fused-ring (bicyclic) bond motifs is 2. The summed E-state index contributed by atoms with van der Waals surface area (Å²) >= 11 is 0. The Morgan fingerprint density at radius 1 is 0.772 bits per heavy atom. The second-order valence-corrected chi connectivity index (χ2v) is 16.2. The summed E-state index contributed by atoms with van der Waals surface area (Å²) in [4.78, 5) is 28.1. The van der Waals surface area contributed by atoms with E-state index in [1.165, 1.54) is 24.3 Å². The number of hydrogen-bond acceptors (Lipinski definition) is 11. The van der Waals surface area contributed by atoms with Gasteiger partial charge in [-0.2, -0.15) is 21.4 Å². The average molecular weight is 820 g/mol. The van der Waals surface area contributed by atoms with Crippen LogP contribution in [0.1, 0.15) is 52.8 Å². The normalized spacial score (nSPS) is 13.8. The van der Waals surface area contributed by atoms with Crippen molar-refractivity contribution >= 4 is 66.3 Å². The number of amides is 2. The van der Waals surface area contributed by atoms with Crippen molar-refractivity contribution in [2.45, 2.75) is 32.7 Å². The Hall–Kier alpha value is -6.21. The highest BCUT2D eigenvalue weighted by Gasteiger charge is 2.29. The molecule has 298 valence electrons. The largest absolute Gasteiger partial charge is 0.508 e. The minimum absolute atomic E-state index is 0.00801. The van der Waals surface area contributed by atoms with Gasteiger partial charge in [0.2, 0.25) is 11.5 Å². The second kappa shape index (κ2) is 16.9. The summed E-state index contributed by atoms with van der Waals surface area (Å²) in [6, 6.07) is 21.4. The Morgan fingerprint density at radius 3 is 1.91 bits per heavy atom. The van der Waals surface area contributed by atoms with E-state index in [1.54, 1.807) is 82.3 Å².